The molecule has 0 unspecified atom stereocenters. The third kappa shape index (κ3) is 2.99. The summed E-state index contributed by atoms with van der Waals surface area (Å²) < 4.78 is 28.1. The molecule has 0 saturated carbocycles. The second-order valence-corrected chi connectivity index (χ2v) is 6.58. The van der Waals surface area contributed by atoms with Crippen LogP contribution < -0.4 is 10.5 Å². The Morgan fingerprint density at radius 3 is 2.78 bits per heavy atom. The maximum absolute atomic E-state index is 11.3. The topological polar surface area (TPSA) is 85.3 Å². The van der Waals surface area contributed by atoms with Crippen molar-refractivity contribution < 1.29 is 12.8 Å². The molecule has 0 fully saturated rings. The van der Waals surface area contributed by atoms with E-state index >= 15 is 0 Å². The van der Waals surface area contributed by atoms with E-state index in [0.29, 0.717) is 18.7 Å². The number of aryl methyl sites for hydroxylation is 1. The summed E-state index contributed by atoms with van der Waals surface area (Å²) in [5.41, 5.74) is 1.76. The van der Waals surface area contributed by atoms with Crippen LogP contribution in [0.2, 0.25) is 0 Å². The molecule has 0 aromatic carbocycles. The molecule has 0 amide bonds. The van der Waals surface area contributed by atoms with Crippen LogP contribution in [0, 0.1) is 6.92 Å². The number of nitrogens with one attached hydrogen (secondary N) is 1. The Labute approximate surface area is 110 Å². The zero-order valence-corrected chi connectivity index (χ0v) is 11.5. The van der Waals surface area contributed by atoms with Gasteiger partial charge in [0.2, 0.25) is 10.0 Å². The van der Waals surface area contributed by atoms with Crippen LogP contribution in [0.15, 0.2) is 32.4 Å². The first-order valence-electron chi connectivity index (χ1n) is 5.31. The largest absolute Gasteiger partial charge is 0.468 e. The minimum Gasteiger partial charge on any atom is -0.468 e. The Morgan fingerprint density at radius 1 is 1.39 bits per heavy atom. The first-order chi connectivity index (χ1) is 8.48. The van der Waals surface area contributed by atoms with Crippen LogP contribution in [-0.2, 0) is 23.1 Å². The fourth-order valence-corrected chi connectivity index (χ4v) is 3.45. The van der Waals surface area contributed by atoms with Crippen LogP contribution in [0.25, 0.3) is 0 Å². The van der Waals surface area contributed by atoms with Crippen LogP contribution >= 0.6 is 11.3 Å². The highest BCUT2D eigenvalue weighted by atomic mass is 32.2. The first kappa shape index (κ1) is 13.3. The molecule has 7 heteroatoms. The molecule has 0 bridgehead atoms. The van der Waals surface area contributed by atoms with Gasteiger partial charge in [0.05, 0.1) is 12.8 Å². The van der Waals surface area contributed by atoms with Gasteiger partial charge < -0.3 is 9.73 Å². The second-order valence-electron chi connectivity index (χ2n) is 3.91. The number of thiophene rings is 1. The molecule has 0 radical (unpaired) electrons. The molecule has 3 N–H and O–H groups in total. The van der Waals surface area contributed by atoms with Crippen molar-refractivity contribution >= 4 is 21.4 Å². The van der Waals surface area contributed by atoms with E-state index in [1.165, 1.54) is 0 Å². The van der Waals surface area contributed by atoms with Gasteiger partial charge in [-0.05, 0) is 35.6 Å². The van der Waals surface area contributed by atoms with Crippen LogP contribution in [0.5, 0.6) is 0 Å². The number of nitrogens with two attached hydrogens (primary N) is 1. The Morgan fingerprint density at radius 2 is 2.17 bits per heavy atom. The number of furan rings is 1. The quantitative estimate of drug-likeness (QED) is 0.874. The molecule has 2 heterocycles. The lowest BCUT2D eigenvalue weighted by molar-refractivity contribution is 0.479. The SMILES string of the molecule is Cc1ccoc1CNCc1ccsc1S(N)(=O)=O. The van der Waals surface area contributed by atoms with Crippen molar-refractivity contribution in [1.29, 1.82) is 0 Å². The molecule has 0 aliphatic carbocycles. The minimum absolute atomic E-state index is 0.214. The summed E-state index contributed by atoms with van der Waals surface area (Å²) in [5.74, 6) is 0.849. The summed E-state index contributed by atoms with van der Waals surface area (Å²) in [6.45, 7) is 2.95. The van der Waals surface area contributed by atoms with E-state index < -0.39 is 10.0 Å². The highest BCUT2D eigenvalue weighted by Crippen LogP contribution is 2.21. The molecule has 98 valence electrons. The van der Waals surface area contributed by atoms with Crippen molar-refractivity contribution in [2.24, 2.45) is 5.14 Å². The number of rotatable bonds is 5. The smallest absolute Gasteiger partial charge is 0.247 e. The molecule has 0 saturated heterocycles. The highest BCUT2D eigenvalue weighted by Gasteiger charge is 2.15. The Bertz CT molecular complexity index is 628. The van der Waals surface area contributed by atoms with Gasteiger partial charge in [-0.15, -0.1) is 11.3 Å². The standard InChI is InChI=1S/C11H14N2O3S2/c1-8-2-4-16-10(8)7-13-6-9-3-5-17-11(9)18(12,14)15/h2-5,13H,6-7H2,1H3,(H2,12,14,15). The van der Waals surface area contributed by atoms with Crippen LogP contribution in [0.4, 0.5) is 0 Å². The van der Waals surface area contributed by atoms with Crippen molar-refractivity contribution in [3.63, 3.8) is 0 Å². The van der Waals surface area contributed by atoms with E-state index in [4.69, 9.17) is 9.56 Å². The Balaban J connectivity index is 2.00. The minimum atomic E-state index is -3.63. The lowest BCUT2D eigenvalue weighted by Crippen LogP contribution is -2.17. The summed E-state index contributed by atoms with van der Waals surface area (Å²) in [6.07, 6.45) is 1.63. The third-order valence-electron chi connectivity index (χ3n) is 2.53. The van der Waals surface area contributed by atoms with Gasteiger partial charge in [-0.3, -0.25) is 0 Å². The predicted molar refractivity (Wildman–Crippen MR) is 69.7 cm³/mol. The van der Waals surface area contributed by atoms with Crippen molar-refractivity contribution in [2.75, 3.05) is 0 Å². The average molecular weight is 286 g/mol. The van der Waals surface area contributed by atoms with Crippen LogP contribution in [0.1, 0.15) is 16.9 Å². The van der Waals surface area contributed by atoms with Gasteiger partial charge in [0.25, 0.3) is 0 Å². The maximum atomic E-state index is 11.3. The van der Waals surface area contributed by atoms with E-state index in [0.717, 1.165) is 22.7 Å². The lowest BCUT2D eigenvalue weighted by atomic mass is 10.3. The van der Waals surface area contributed by atoms with Crippen molar-refractivity contribution in [3.05, 3.63) is 40.7 Å². The zero-order valence-electron chi connectivity index (χ0n) is 9.84. The molecule has 2 aromatic rings. The summed E-state index contributed by atoms with van der Waals surface area (Å²) in [7, 11) is -3.63. The van der Waals surface area contributed by atoms with Gasteiger partial charge in [0.1, 0.15) is 9.97 Å². The van der Waals surface area contributed by atoms with Gasteiger partial charge in [-0.1, -0.05) is 0 Å². The molecule has 0 spiro atoms. The van der Waals surface area contributed by atoms with Crippen LogP contribution in [0.3, 0.4) is 0 Å². The van der Waals surface area contributed by atoms with Crippen LogP contribution in [-0.4, -0.2) is 8.42 Å². The predicted octanol–water partition coefficient (Wildman–Crippen LogP) is 1.59. The van der Waals surface area contributed by atoms with Crippen molar-refractivity contribution in [2.45, 2.75) is 24.2 Å². The zero-order chi connectivity index (χ0) is 13.2. The number of hydrogen-bond acceptors (Lipinski definition) is 5. The average Bonchev–Trinajstić information content (AvgIpc) is 2.87. The van der Waals surface area contributed by atoms with Gasteiger partial charge in [-0.2, -0.15) is 0 Å². The Hall–Kier alpha value is -1.15. The molecule has 0 aliphatic rings. The summed E-state index contributed by atoms with van der Waals surface area (Å²) in [6, 6.07) is 3.64. The molecule has 0 atom stereocenters. The normalized spacial score (nSPS) is 11.9. The first-order valence-corrected chi connectivity index (χ1v) is 7.74. The molecule has 2 rings (SSSR count). The highest BCUT2D eigenvalue weighted by molar-refractivity contribution is 7.91. The van der Waals surface area contributed by atoms with Gasteiger partial charge in [0, 0.05) is 6.54 Å². The van der Waals surface area contributed by atoms with E-state index in [-0.39, 0.29) is 4.21 Å². The maximum Gasteiger partial charge on any atom is 0.247 e. The molecule has 5 nitrogen and oxygen atoms in total. The van der Waals surface area contributed by atoms with E-state index in [1.807, 2.05) is 13.0 Å². The summed E-state index contributed by atoms with van der Waals surface area (Å²) in [5, 5.41) is 9.98. The summed E-state index contributed by atoms with van der Waals surface area (Å²) in [4.78, 5) is 0. The van der Waals surface area contributed by atoms with E-state index in [2.05, 4.69) is 5.32 Å². The third-order valence-corrected chi connectivity index (χ3v) is 5.05. The van der Waals surface area contributed by atoms with Gasteiger partial charge >= 0.3 is 0 Å². The monoisotopic (exact) mass is 286 g/mol. The molecular weight excluding hydrogens is 272 g/mol. The lowest BCUT2D eigenvalue weighted by Gasteiger charge is -2.04. The van der Waals surface area contributed by atoms with Crippen molar-refractivity contribution in [3.8, 4) is 0 Å². The fraction of sp³-hybridized carbons (Fsp3) is 0.273. The second kappa shape index (κ2) is 5.23. The Kier molecular flexibility index (Phi) is 3.86. The number of hydrogen-bond donors (Lipinski definition) is 2. The van der Waals surface area contributed by atoms with Gasteiger partial charge in [-0.25, -0.2) is 13.6 Å². The molecular formula is C11H14N2O3S2. The molecule has 18 heavy (non-hydrogen) atoms. The number of sulfonamides is 1. The van der Waals surface area contributed by atoms with E-state index in [1.54, 1.807) is 17.7 Å². The fourth-order valence-electron chi connectivity index (χ4n) is 1.60. The molecule has 2 aromatic heterocycles. The van der Waals surface area contributed by atoms with E-state index in [9.17, 15) is 8.42 Å². The van der Waals surface area contributed by atoms with Crippen molar-refractivity contribution in [1.82, 2.24) is 5.32 Å². The van der Waals surface area contributed by atoms with Gasteiger partial charge in [0.15, 0.2) is 0 Å². The summed E-state index contributed by atoms with van der Waals surface area (Å²) >= 11 is 1.13. The molecule has 0 aliphatic heterocycles. The number of primary sulfonamides is 1.